The molecule has 0 aliphatic rings. The summed E-state index contributed by atoms with van der Waals surface area (Å²) in [5.41, 5.74) is 22.7. The van der Waals surface area contributed by atoms with Crippen LogP contribution in [-0.2, 0) is 104 Å². The maximum Gasteiger partial charge on any atom is 0.326 e. The summed E-state index contributed by atoms with van der Waals surface area (Å²) in [7, 11) is 0. The van der Waals surface area contributed by atoms with Gasteiger partial charge in [-0.25, -0.2) is 4.79 Å². The van der Waals surface area contributed by atoms with Crippen molar-refractivity contribution in [3.05, 3.63) is 65.7 Å². The molecule has 2 rings (SSSR count). The van der Waals surface area contributed by atoms with E-state index in [0.717, 1.165) is 27.7 Å². The number of nitrogens with one attached hydrogen (secondary N) is 16. The molecule has 0 saturated heterocycles. The van der Waals surface area contributed by atoms with Crippen LogP contribution < -0.4 is 103 Å². The van der Waals surface area contributed by atoms with E-state index in [4.69, 9.17) is 28.3 Å². The molecule has 0 aliphatic carbocycles. The number of primary amides is 1. The van der Waals surface area contributed by atoms with Gasteiger partial charge in [0.1, 0.15) is 84.3 Å². The van der Waals surface area contributed by atoms with Crippen LogP contribution in [0, 0.1) is 11.3 Å². The van der Waals surface area contributed by atoms with Gasteiger partial charge in [-0.1, -0.05) is 56.3 Å². The number of aromatic hydroxyl groups is 1. The molecule has 0 aliphatic heterocycles. The lowest BCUT2D eigenvalue weighted by Gasteiger charge is -2.29. The summed E-state index contributed by atoms with van der Waals surface area (Å²) in [6, 6.07) is -10.4. The Balaban J connectivity index is 2.36. The molecule has 16 atom stereocenters. The minimum Gasteiger partial charge on any atom is -0.508 e. The van der Waals surface area contributed by atoms with Crippen molar-refractivity contribution in [2.75, 3.05) is 19.6 Å². The number of aliphatic hydroxyl groups is 2. The molecule has 46 heteroatoms. The summed E-state index contributed by atoms with van der Waals surface area (Å²) >= 11 is 0. The van der Waals surface area contributed by atoms with Gasteiger partial charge in [0.05, 0.1) is 37.6 Å². The van der Waals surface area contributed by atoms with Crippen molar-refractivity contribution in [3.8, 4) is 5.75 Å². The molecule has 0 bridgehead atoms. The predicted molar refractivity (Wildman–Crippen MR) is 413 cm³/mol. The molecule has 0 aromatic heterocycles. The average Bonchev–Trinajstić information content (AvgIpc) is 0.842. The quantitative estimate of drug-likeness (QED) is 0.0166. The molecular weight excluding hydrogens is 1560 g/mol. The molecule has 0 spiro atoms. The zero-order valence-electron chi connectivity index (χ0n) is 66.0. The van der Waals surface area contributed by atoms with Crippen molar-refractivity contribution in [2.24, 2.45) is 28.9 Å². The number of carboxylic acids is 4. The first-order chi connectivity index (χ1) is 55.2. The Labute approximate surface area is 676 Å². The van der Waals surface area contributed by atoms with Gasteiger partial charge in [0.15, 0.2) is 5.96 Å². The highest BCUT2D eigenvalue weighted by Gasteiger charge is 2.39. The van der Waals surface area contributed by atoms with Gasteiger partial charge in [0.25, 0.3) is 0 Å². The van der Waals surface area contributed by atoms with Crippen LogP contribution in [0.25, 0.3) is 0 Å². The van der Waals surface area contributed by atoms with Gasteiger partial charge in [0, 0.05) is 32.2 Å². The highest BCUT2D eigenvalue weighted by Crippen LogP contribution is 2.16. The number of phenols is 1. The lowest BCUT2D eigenvalue weighted by molar-refractivity contribution is -0.143. The lowest BCUT2D eigenvalue weighted by atomic mass is 9.99. The minimum atomic E-state index is -2.00. The normalized spacial score (nSPS) is 15.1. The summed E-state index contributed by atoms with van der Waals surface area (Å²) in [4.78, 5) is 252. The fraction of sp³-hybridized carbons (Fsp3) is 0.556. The Morgan fingerprint density at radius 1 is 0.390 bits per heavy atom. The number of guanidine groups is 1. The fourth-order valence-electron chi connectivity index (χ4n) is 10.9. The van der Waals surface area contributed by atoms with Crippen molar-refractivity contribution in [1.82, 2.24) is 79.8 Å². The van der Waals surface area contributed by atoms with E-state index in [2.05, 4.69) is 79.8 Å². The number of benzene rings is 2. The van der Waals surface area contributed by atoms with Crippen LogP contribution in [0.5, 0.6) is 5.75 Å². The number of hydrogen-bond acceptors (Lipinski definition) is 25. The van der Waals surface area contributed by atoms with Gasteiger partial charge < -0.3 is 138 Å². The monoisotopic (exact) mass is 1670 g/mol. The number of aliphatic carboxylic acids is 4. The van der Waals surface area contributed by atoms with Crippen molar-refractivity contribution in [3.63, 3.8) is 0 Å². The maximum atomic E-state index is 14.6. The molecule has 2 aromatic rings. The van der Waals surface area contributed by atoms with Gasteiger partial charge in [-0.3, -0.25) is 91.7 Å². The molecule has 0 heterocycles. The van der Waals surface area contributed by atoms with Crippen molar-refractivity contribution in [2.45, 2.75) is 229 Å². The number of aliphatic hydroxyl groups excluding tert-OH is 2. The molecule has 654 valence electrons. The first kappa shape index (κ1) is 101. The standard InChI is InChI=1S/C72H110N20O26/c1-33(2)55(90-67(113)47(29-40-18-20-41(95)21-19-40)87-65(111)46(28-39-14-9-8-10-15-39)88-70(116)57(38(7)94)92-63(109)43(22-24-52(98)99)82-58(104)34(3)74)68(114)89-49(31-54(102)103)61(107)79-32-51(97)80-35(4)59(105)81-36(5)60(106)86-48(30-50(75)96)66(112)83-42(17-13-27-78-72(76)77)62(108)84-44(23-25-53(100)101)64(110)91-56(37(6)93)69(115)85-45(71(117)118)16-11-12-26-73/h8-10,14-15,18-21,33-38,42-49,55-57,93-95H,11-13,16-17,22-32,73-74H2,1-7H3,(H2,75,96)(H,79,107)(H,80,97)(H,81,105)(H,82,104)(H,83,112)(H,84,108)(H,85,115)(H,86,106)(H,87,111)(H,88,116)(H,89,114)(H,90,113)(H,91,110)(H,92,109)(H,98,99)(H,100,101)(H,102,103)(H,117,118)(H4,76,77,78)/t34-,35-,36-,37+,38+,42-,43-,44-,45-,46-,47-,48-,49-,55-,56-,57-/m0/s1. The van der Waals surface area contributed by atoms with E-state index in [1.165, 1.54) is 45.0 Å². The smallest absolute Gasteiger partial charge is 0.326 e. The number of rotatable bonds is 54. The van der Waals surface area contributed by atoms with Gasteiger partial charge >= 0.3 is 23.9 Å². The molecule has 0 unspecified atom stereocenters. The molecular formula is C72H110N20O26. The van der Waals surface area contributed by atoms with E-state index in [1.54, 1.807) is 30.3 Å². The van der Waals surface area contributed by atoms with Crippen LogP contribution >= 0.6 is 0 Å². The van der Waals surface area contributed by atoms with Crippen molar-refractivity contribution in [1.29, 1.82) is 5.41 Å². The molecule has 2 aromatic carbocycles. The van der Waals surface area contributed by atoms with Gasteiger partial charge in [-0.15, -0.1) is 0 Å². The number of carboxylic acid groups (broad SMARTS) is 4. The summed E-state index contributed by atoms with van der Waals surface area (Å²) in [5.74, 6) is -24.9. The molecule has 31 N–H and O–H groups in total. The topological polar surface area (TPSA) is 774 Å². The Hall–Kier alpha value is -12.7. The van der Waals surface area contributed by atoms with Crippen LogP contribution in [0.1, 0.15) is 130 Å². The predicted octanol–water partition coefficient (Wildman–Crippen LogP) is -9.04. The van der Waals surface area contributed by atoms with E-state index in [0.29, 0.717) is 17.5 Å². The first-order valence-corrected chi connectivity index (χ1v) is 37.3. The Kier molecular flexibility index (Phi) is 44.0. The lowest BCUT2D eigenvalue weighted by Crippen LogP contribution is -2.62. The number of nitrogens with two attached hydrogens (primary N) is 4. The van der Waals surface area contributed by atoms with Crippen LogP contribution in [-0.4, -0.2) is 271 Å². The van der Waals surface area contributed by atoms with Gasteiger partial charge in [0.2, 0.25) is 88.6 Å². The third kappa shape index (κ3) is 38.2. The third-order valence-electron chi connectivity index (χ3n) is 17.4. The minimum absolute atomic E-state index is 0.0890. The third-order valence-corrected chi connectivity index (χ3v) is 17.4. The Morgan fingerprint density at radius 2 is 0.780 bits per heavy atom. The Bertz CT molecular complexity index is 3850. The SMILES string of the molecule is CC(C)[C@H](NC(=O)[C@H](Cc1ccc(O)cc1)NC(=O)[C@H](Cc1ccccc1)NC(=O)[C@@H](NC(=O)[C@H](CCC(=O)O)NC(=O)[C@H](C)N)[C@@H](C)O)C(=O)N[C@@H](CC(=O)O)C(=O)NCC(=O)N[C@@H](C)C(=O)N[C@@H](C)C(=O)N[C@@H](CC(N)=O)C(=O)N[C@@H](CCCNC(=N)N)C(=O)N[C@@H](CCC(=O)O)C(=O)N[C@H](C(=O)N[C@@H](CCCCN)C(=O)O)[C@@H](C)O. The molecule has 118 heavy (non-hydrogen) atoms. The van der Waals surface area contributed by atoms with Gasteiger partial charge in [-0.05, 0) is 115 Å². The average molecular weight is 1670 g/mol. The number of phenolic OH excluding ortho intramolecular Hbond substituents is 1. The first-order valence-electron chi connectivity index (χ1n) is 37.3. The van der Waals surface area contributed by atoms with Gasteiger partial charge in [-0.2, -0.15) is 0 Å². The highest BCUT2D eigenvalue weighted by atomic mass is 16.4. The molecule has 46 nitrogen and oxygen atoms in total. The number of carbonyl (C=O) groups is 19. The van der Waals surface area contributed by atoms with Crippen molar-refractivity contribution >= 4 is 118 Å². The summed E-state index contributed by atoms with van der Waals surface area (Å²) in [6.07, 6.45) is -8.71. The van der Waals surface area contributed by atoms with E-state index in [9.17, 15) is 127 Å². The number of amides is 15. The zero-order valence-corrected chi connectivity index (χ0v) is 66.0. The number of carbonyl (C=O) groups excluding carboxylic acids is 15. The molecule has 0 fully saturated rings. The van der Waals surface area contributed by atoms with E-state index >= 15 is 0 Å². The van der Waals surface area contributed by atoms with E-state index in [-0.39, 0.29) is 57.4 Å². The molecule has 15 amide bonds. The van der Waals surface area contributed by atoms with Crippen LogP contribution in [0.4, 0.5) is 0 Å². The number of unbranched alkanes of at least 4 members (excludes halogenated alkanes) is 1. The largest absolute Gasteiger partial charge is 0.508 e. The summed E-state index contributed by atoms with van der Waals surface area (Å²) < 4.78 is 0. The summed E-state index contributed by atoms with van der Waals surface area (Å²) in [5, 5.41) is 112. The highest BCUT2D eigenvalue weighted by molar-refractivity contribution is 6.01. The second-order valence-corrected chi connectivity index (χ2v) is 28.0. The van der Waals surface area contributed by atoms with Crippen molar-refractivity contribution < 1.29 is 127 Å². The van der Waals surface area contributed by atoms with E-state index in [1.807, 2.05) is 0 Å². The second kappa shape index (κ2) is 51.3. The van der Waals surface area contributed by atoms with Crippen LogP contribution in [0.3, 0.4) is 0 Å². The zero-order chi connectivity index (χ0) is 89.4. The molecule has 0 radical (unpaired) electrons. The summed E-state index contributed by atoms with van der Waals surface area (Å²) in [6.45, 7) is 7.61. The Morgan fingerprint density at radius 3 is 1.25 bits per heavy atom. The molecule has 0 saturated carbocycles. The maximum absolute atomic E-state index is 14.6. The second-order valence-electron chi connectivity index (χ2n) is 28.0. The fourth-order valence-corrected chi connectivity index (χ4v) is 10.9. The van der Waals surface area contributed by atoms with Crippen LogP contribution in [0.15, 0.2) is 54.6 Å². The van der Waals surface area contributed by atoms with Crippen LogP contribution in [0.2, 0.25) is 0 Å². The van der Waals surface area contributed by atoms with E-state index < -0.39 is 266 Å². The number of hydrogen-bond donors (Lipinski definition) is 27.